The number of nitrogens with one attached hydrogen (secondary N) is 2. The minimum atomic E-state index is 0.504. The molecule has 0 unspecified atom stereocenters. The Labute approximate surface area is 166 Å². The Bertz CT molecular complexity index is 953. The second-order valence-electron chi connectivity index (χ2n) is 8.35. The van der Waals surface area contributed by atoms with Gasteiger partial charge in [0.2, 0.25) is 0 Å². The summed E-state index contributed by atoms with van der Waals surface area (Å²) in [5.74, 6) is 3.42. The quantitative estimate of drug-likeness (QED) is 0.607. The molecule has 0 atom stereocenters. The molecule has 2 aliphatic carbocycles. The largest absolute Gasteiger partial charge is 0.323 e. The molecule has 0 saturated heterocycles. The van der Waals surface area contributed by atoms with Crippen molar-refractivity contribution in [3.63, 3.8) is 0 Å². The second kappa shape index (κ2) is 7.90. The molecule has 0 radical (unpaired) electrons. The maximum Gasteiger partial charge on any atom is 0.161 e. The molecule has 0 aliphatic heterocycles. The lowest BCUT2D eigenvalue weighted by atomic mass is 9.89. The Morgan fingerprint density at radius 1 is 0.821 bits per heavy atom. The normalized spacial score (nSPS) is 18.4. The van der Waals surface area contributed by atoms with Gasteiger partial charge in [0, 0.05) is 22.6 Å². The van der Waals surface area contributed by atoms with Crippen molar-refractivity contribution >= 4 is 22.5 Å². The van der Waals surface area contributed by atoms with E-state index in [-0.39, 0.29) is 0 Å². The number of fused-ring (bicyclic) bond motifs is 2. The number of para-hydroxylation sites is 1. The van der Waals surface area contributed by atoms with Gasteiger partial charge in [0.05, 0.1) is 5.52 Å². The van der Waals surface area contributed by atoms with Gasteiger partial charge in [-0.3, -0.25) is 5.10 Å². The van der Waals surface area contributed by atoms with Crippen LogP contribution in [0.25, 0.3) is 10.9 Å². The third kappa shape index (κ3) is 3.50. The molecule has 5 rings (SSSR count). The Balaban J connectivity index is 1.52. The van der Waals surface area contributed by atoms with E-state index in [1.54, 1.807) is 0 Å². The zero-order valence-corrected chi connectivity index (χ0v) is 16.5. The number of aryl methyl sites for hydroxylation is 1. The minimum Gasteiger partial charge on any atom is -0.323 e. The molecule has 2 aromatic heterocycles. The van der Waals surface area contributed by atoms with E-state index in [2.05, 4.69) is 33.7 Å². The van der Waals surface area contributed by atoms with Crippen LogP contribution in [0.15, 0.2) is 24.3 Å². The number of nitrogens with zero attached hydrogens (tertiary/aromatic N) is 3. The fourth-order valence-corrected chi connectivity index (χ4v) is 4.78. The van der Waals surface area contributed by atoms with E-state index < -0.39 is 0 Å². The third-order valence-electron chi connectivity index (χ3n) is 6.38. The highest BCUT2D eigenvalue weighted by atomic mass is 15.2. The average Bonchev–Trinajstić information content (AvgIpc) is 3.11. The summed E-state index contributed by atoms with van der Waals surface area (Å²) < 4.78 is 0. The molecule has 146 valence electrons. The number of hydrogen-bond donors (Lipinski definition) is 2. The minimum absolute atomic E-state index is 0.504. The van der Waals surface area contributed by atoms with E-state index >= 15 is 0 Å². The lowest BCUT2D eigenvalue weighted by molar-refractivity contribution is 0.440. The van der Waals surface area contributed by atoms with E-state index in [9.17, 15) is 0 Å². The molecule has 0 amide bonds. The lowest BCUT2D eigenvalue weighted by Gasteiger charge is -2.23. The summed E-state index contributed by atoms with van der Waals surface area (Å²) in [5, 5.41) is 12.3. The molecule has 5 heteroatoms. The Hall–Kier alpha value is -2.43. The maximum atomic E-state index is 5.09. The highest BCUT2D eigenvalue weighted by molar-refractivity contribution is 5.91. The van der Waals surface area contributed by atoms with Gasteiger partial charge in [-0.15, -0.1) is 0 Å². The van der Waals surface area contributed by atoms with Crippen molar-refractivity contribution in [1.82, 2.24) is 20.2 Å². The van der Waals surface area contributed by atoms with E-state index in [0.29, 0.717) is 5.92 Å². The van der Waals surface area contributed by atoms with Gasteiger partial charge in [0.1, 0.15) is 11.6 Å². The lowest BCUT2D eigenvalue weighted by Crippen LogP contribution is -2.16. The van der Waals surface area contributed by atoms with Crippen LogP contribution < -0.4 is 5.32 Å². The molecule has 1 aromatic carbocycles. The number of aromatic nitrogens is 4. The number of aromatic amines is 1. The molecule has 0 bridgehead atoms. The van der Waals surface area contributed by atoms with Crippen molar-refractivity contribution in [3.8, 4) is 0 Å². The number of hydrogen-bond acceptors (Lipinski definition) is 4. The molecule has 2 heterocycles. The Kier molecular flexibility index (Phi) is 4.98. The molecule has 2 aliphatic rings. The smallest absolute Gasteiger partial charge is 0.161 e. The van der Waals surface area contributed by atoms with E-state index in [0.717, 1.165) is 41.2 Å². The van der Waals surface area contributed by atoms with Gasteiger partial charge in [0.25, 0.3) is 0 Å². The van der Waals surface area contributed by atoms with Gasteiger partial charge in [-0.05, 0) is 50.7 Å². The van der Waals surface area contributed by atoms with Crippen molar-refractivity contribution < 1.29 is 0 Å². The SMILES string of the molecule is c1ccc2c(Nc3nc(C4CCCCCCC4)nc4c3CCCC4)n[nH]c2c1. The molecule has 5 nitrogen and oxygen atoms in total. The molecule has 0 spiro atoms. The summed E-state index contributed by atoms with van der Waals surface area (Å²) in [6.45, 7) is 0. The zero-order valence-electron chi connectivity index (χ0n) is 16.5. The van der Waals surface area contributed by atoms with Crippen LogP contribution in [0.2, 0.25) is 0 Å². The van der Waals surface area contributed by atoms with E-state index in [4.69, 9.17) is 9.97 Å². The van der Waals surface area contributed by atoms with Crippen LogP contribution in [0.5, 0.6) is 0 Å². The van der Waals surface area contributed by atoms with Crippen molar-refractivity contribution in [3.05, 3.63) is 41.3 Å². The first kappa shape index (κ1) is 17.7. The van der Waals surface area contributed by atoms with Crippen LogP contribution in [0.4, 0.5) is 11.6 Å². The number of H-pyrrole nitrogens is 1. The summed E-state index contributed by atoms with van der Waals surface area (Å²) in [6.07, 6.45) is 13.7. The fraction of sp³-hybridized carbons (Fsp3) is 0.522. The molecular formula is C23H29N5. The van der Waals surface area contributed by atoms with Crippen LogP contribution in [0.3, 0.4) is 0 Å². The first-order chi connectivity index (χ1) is 13.9. The summed E-state index contributed by atoms with van der Waals surface area (Å²) >= 11 is 0. The molecular weight excluding hydrogens is 346 g/mol. The van der Waals surface area contributed by atoms with Crippen LogP contribution in [0.1, 0.15) is 80.8 Å². The fourth-order valence-electron chi connectivity index (χ4n) is 4.78. The molecule has 3 aromatic rings. The highest BCUT2D eigenvalue weighted by Crippen LogP contribution is 2.34. The Morgan fingerprint density at radius 3 is 2.50 bits per heavy atom. The predicted molar refractivity (Wildman–Crippen MR) is 113 cm³/mol. The van der Waals surface area contributed by atoms with Crippen LogP contribution in [0, 0.1) is 0 Å². The monoisotopic (exact) mass is 375 g/mol. The summed E-state index contributed by atoms with van der Waals surface area (Å²) in [5.41, 5.74) is 3.61. The number of benzene rings is 1. The van der Waals surface area contributed by atoms with Gasteiger partial charge < -0.3 is 5.32 Å². The summed E-state index contributed by atoms with van der Waals surface area (Å²) in [7, 11) is 0. The van der Waals surface area contributed by atoms with Gasteiger partial charge >= 0.3 is 0 Å². The van der Waals surface area contributed by atoms with Gasteiger partial charge in [-0.1, -0.05) is 44.2 Å². The standard InChI is InChI=1S/C23H29N5/c1-2-4-10-16(11-5-3-1)21-24-19-14-8-6-12-17(19)22(25-21)26-23-18-13-7-9-15-20(18)27-28-23/h7,9,13,15-16H,1-6,8,10-12,14H2,(H2,24,25,26,27,28). The van der Waals surface area contributed by atoms with E-state index in [1.165, 1.54) is 69.0 Å². The van der Waals surface area contributed by atoms with Crippen LogP contribution in [-0.2, 0) is 12.8 Å². The van der Waals surface area contributed by atoms with Crippen molar-refractivity contribution in [2.24, 2.45) is 0 Å². The molecule has 28 heavy (non-hydrogen) atoms. The number of anilines is 2. The second-order valence-corrected chi connectivity index (χ2v) is 8.35. The predicted octanol–water partition coefficient (Wildman–Crippen LogP) is 5.80. The van der Waals surface area contributed by atoms with Crippen molar-refractivity contribution in [2.45, 2.75) is 76.5 Å². The van der Waals surface area contributed by atoms with Crippen molar-refractivity contribution in [1.29, 1.82) is 0 Å². The van der Waals surface area contributed by atoms with Gasteiger partial charge in [-0.2, -0.15) is 5.10 Å². The molecule has 2 N–H and O–H groups in total. The van der Waals surface area contributed by atoms with Crippen LogP contribution in [-0.4, -0.2) is 20.2 Å². The molecule has 1 saturated carbocycles. The maximum absolute atomic E-state index is 5.09. The third-order valence-corrected chi connectivity index (χ3v) is 6.38. The van der Waals surface area contributed by atoms with Gasteiger partial charge in [0.15, 0.2) is 5.82 Å². The molecule has 1 fully saturated rings. The first-order valence-electron chi connectivity index (χ1n) is 11.0. The topological polar surface area (TPSA) is 66.5 Å². The first-order valence-corrected chi connectivity index (χ1v) is 11.0. The summed E-state index contributed by atoms with van der Waals surface area (Å²) in [6, 6.07) is 8.25. The zero-order chi connectivity index (χ0) is 18.8. The number of rotatable bonds is 3. The van der Waals surface area contributed by atoms with Gasteiger partial charge in [-0.25, -0.2) is 9.97 Å². The van der Waals surface area contributed by atoms with Crippen molar-refractivity contribution in [2.75, 3.05) is 5.32 Å². The average molecular weight is 376 g/mol. The summed E-state index contributed by atoms with van der Waals surface area (Å²) in [4.78, 5) is 10.2. The highest BCUT2D eigenvalue weighted by Gasteiger charge is 2.23. The Morgan fingerprint density at radius 2 is 1.61 bits per heavy atom. The van der Waals surface area contributed by atoms with Crippen LogP contribution >= 0.6 is 0 Å². The van der Waals surface area contributed by atoms with E-state index in [1.807, 2.05) is 6.07 Å².